The van der Waals surface area contributed by atoms with Crippen LogP contribution < -0.4 is 14.8 Å². The molecule has 1 N–H and O–H groups in total. The number of hydrogen-bond acceptors (Lipinski definition) is 6. The van der Waals surface area contributed by atoms with E-state index in [2.05, 4.69) is 10.3 Å². The highest BCUT2D eigenvalue weighted by Gasteiger charge is 2.13. The molecule has 7 heteroatoms. The number of benzene rings is 2. The molecule has 1 aromatic heterocycles. The van der Waals surface area contributed by atoms with Crippen molar-refractivity contribution in [3.63, 3.8) is 0 Å². The zero-order valence-electron chi connectivity index (χ0n) is 13.5. The number of thiazole rings is 1. The lowest BCUT2D eigenvalue weighted by molar-refractivity contribution is 0.102. The highest BCUT2D eigenvalue weighted by molar-refractivity contribution is 7.98. The van der Waals surface area contributed by atoms with Crippen LogP contribution in [-0.2, 0) is 0 Å². The Hall–Kier alpha value is -2.25. The largest absolute Gasteiger partial charge is 0.497 e. The van der Waals surface area contributed by atoms with Crippen molar-refractivity contribution in [2.75, 3.05) is 25.8 Å². The number of para-hydroxylation sites is 1. The summed E-state index contributed by atoms with van der Waals surface area (Å²) < 4.78 is 11.4. The lowest BCUT2D eigenvalue weighted by Crippen LogP contribution is -2.12. The van der Waals surface area contributed by atoms with E-state index in [4.69, 9.17) is 9.47 Å². The van der Waals surface area contributed by atoms with Gasteiger partial charge in [-0.15, -0.1) is 11.8 Å². The second-order valence-electron chi connectivity index (χ2n) is 4.88. The van der Waals surface area contributed by atoms with Gasteiger partial charge in [0.2, 0.25) is 0 Å². The lowest BCUT2D eigenvalue weighted by Gasteiger charge is -2.07. The SMILES string of the molecule is COc1cc(OC)cc(C(=O)Nc2nc3c(SC)cccc3s2)c1. The number of carbonyl (C=O) groups excluding carboxylic acids is 1. The number of aromatic nitrogens is 1. The molecule has 0 saturated heterocycles. The third-order valence-electron chi connectivity index (χ3n) is 3.44. The summed E-state index contributed by atoms with van der Waals surface area (Å²) >= 11 is 3.09. The highest BCUT2D eigenvalue weighted by atomic mass is 32.2. The minimum absolute atomic E-state index is 0.253. The van der Waals surface area contributed by atoms with Crippen molar-refractivity contribution in [1.82, 2.24) is 4.98 Å². The zero-order valence-corrected chi connectivity index (χ0v) is 15.1. The predicted octanol–water partition coefficient (Wildman–Crippen LogP) is 4.29. The van der Waals surface area contributed by atoms with Crippen LogP contribution in [0.2, 0.25) is 0 Å². The van der Waals surface area contributed by atoms with Gasteiger partial charge in [-0.05, 0) is 30.5 Å². The van der Waals surface area contributed by atoms with Crippen molar-refractivity contribution >= 4 is 44.4 Å². The van der Waals surface area contributed by atoms with Gasteiger partial charge in [-0.25, -0.2) is 4.98 Å². The molecule has 0 spiro atoms. The maximum Gasteiger partial charge on any atom is 0.257 e. The van der Waals surface area contributed by atoms with E-state index < -0.39 is 0 Å². The normalized spacial score (nSPS) is 10.6. The van der Waals surface area contributed by atoms with E-state index in [9.17, 15) is 4.79 Å². The number of nitrogens with one attached hydrogen (secondary N) is 1. The summed E-state index contributed by atoms with van der Waals surface area (Å²) in [6, 6.07) is 11.1. The molecule has 124 valence electrons. The number of amides is 1. The van der Waals surface area contributed by atoms with E-state index in [0.29, 0.717) is 22.2 Å². The molecule has 0 radical (unpaired) electrons. The third kappa shape index (κ3) is 3.32. The number of rotatable bonds is 5. The number of ether oxygens (including phenoxy) is 2. The van der Waals surface area contributed by atoms with Crippen LogP contribution in [0.15, 0.2) is 41.3 Å². The first kappa shape index (κ1) is 16.6. The van der Waals surface area contributed by atoms with Gasteiger partial charge in [-0.3, -0.25) is 10.1 Å². The summed E-state index contributed by atoms with van der Waals surface area (Å²) in [4.78, 5) is 18.1. The second-order valence-corrected chi connectivity index (χ2v) is 6.76. The van der Waals surface area contributed by atoms with E-state index in [1.165, 1.54) is 11.3 Å². The molecule has 0 atom stereocenters. The molecular formula is C17H16N2O3S2. The highest BCUT2D eigenvalue weighted by Crippen LogP contribution is 2.32. The molecule has 0 fully saturated rings. The van der Waals surface area contributed by atoms with Gasteiger partial charge in [0.25, 0.3) is 5.91 Å². The fourth-order valence-electron chi connectivity index (χ4n) is 2.25. The first-order valence-electron chi connectivity index (χ1n) is 7.12. The average Bonchev–Trinajstić information content (AvgIpc) is 3.03. The smallest absolute Gasteiger partial charge is 0.257 e. The van der Waals surface area contributed by atoms with E-state index >= 15 is 0 Å². The van der Waals surface area contributed by atoms with Gasteiger partial charge < -0.3 is 9.47 Å². The maximum absolute atomic E-state index is 12.5. The number of hydrogen-bond donors (Lipinski definition) is 1. The van der Waals surface area contributed by atoms with Crippen molar-refractivity contribution in [2.45, 2.75) is 4.90 Å². The molecule has 0 bridgehead atoms. The third-order valence-corrected chi connectivity index (χ3v) is 5.14. The first-order chi connectivity index (χ1) is 11.6. The topological polar surface area (TPSA) is 60.5 Å². The van der Waals surface area contributed by atoms with Crippen LogP contribution in [-0.4, -0.2) is 31.4 Å². The van der Waals surface area contributed by atoms with Gasteiger partial charge in [-0.1, -0.05) is 17.4 Å². The lowest BCUT2D eigenvalue weighted by atomic mass is 10.2. The molecular weight excluding hydrogens is 344 g/mol. The molecule has 0 unspecified atom stereocenters. The summed E-state index contributed by atoms with van der Waals surface area (Å²) in [5.74, 6) is 0.874. The molecule has 0 aliphatic heterocycles. The minimum Gasteiger partial charge on any atom is -0.497 e. The van der Waals surface area contributed by atoms with E-state index in [0.717, 1.165) is 15.1 Å². The van der Waals surface area contributed by atoms with Crippen LogP contribution in [0.3, 0.4) is 0 Å². The fourth-order valence-corrected chi connectivity index (χ4v) is 3.77. The summed E-state index contributed by atoms with van der Waals surface area (Å²) in [7, 11) is 3.10. The Balaban J connectivity index is 1.90. The summed E-state index contributed by atoms with van der Waals surface area (Å²) in [6.45, 7) is 0. The van der Waals surface area contributed by atoms with Crippen molar-refractivity contribution in [3.05, 3.63) is 42.0 Å². The van der Waals surface area contributed by atoms with Crippen LogP contribution in [0.1, 0.15) is 10.4 Å². The van der Waals surface area contributed by atoms with Crippen molar-refractivity contribution in [2.24, 2.45) is 0 Å². The predicted molar refractivity (Wildman–Crippen MR) is 98.9 cm³/mol. The average molecular weight is 360 g/mol. The molecule has 2 aromatic carbocycles. The zero-order chi connectivity index (χ0) is 17.1. The van der Waals surface area contributed by atoms with Gasteiger partial charge in [0, 0.05) is 16.5 Å². The summed E-state index contributed by atoms with van der Waals surface area (Å²) in [5, 5.41) is 3.42. The molecule has 1 amide bonds. The fraction of sp³-hybridized carbons (Fsp3) is 0.176. The quantitative estimate of drug-likeness (QED) is 0.688. The molecule has 3 aromatic rings. The monoisotopic (exact) mass is 360 g/mol. The first-order valence-corrected chi connectivity index (χ1v) is 9.16. The number of fused-ring (bicyclic) bond motifs is 1. The Kier molecular flexibility index (Phi) is 4.92. The van der Waals surface area contributed by atoms with E-state index in [1.54, 1.807) is 44.2 Å². The number of nitrogens with zero attached hydrogens (tertiary/aromatic N) is 1. The van der Waals surface area contributed by atoms with Crippen molar-refractivity contribution in [1.29, 1.82) is 0 Å². The van der Waals surface area contributed by atoms with Gasteiger partial charge in [0.05, 0.1) is 24.4 Å². The van der Waals surface area contributed by atoms with Gasteiger partial charge >= 0.3 is 0 Å². The molecule has 1 heterocycles. The number of thioether (sulfide) groups is 1. The van der Waals surface area contributed by atoms with Crippen LogP contribution in [0.25, 0.3) is 10.2 Å². The molecule has 0 aliphatic rings. The van der Waals surface area contributed by atoms with Gasteiger partial charge in [0.15, 0.2) is 5.13 Å². The van der Waals surface area contributed by atoms with E-state index in [1.807, 2.05) is 24.5 Å². The Bertz CT molecular complexity index is 870. The number of carbonyl (C=O) groups is 1. The Morgan fingerprint density at radius 3 is 2.50 bits per heavy atom. The van der Waals surface area contributed by atoms with Crippen LogP contribution >= 0.6 is 23.1 Å². The number of methoxy groups -OCH3 is 2. The second kappa shape index (κ2) is 7.11. The molecule has 5 nitrogen and oxygen atoms in total. The summed E-state index contributed by atoms with van der Waals surface area (Å²) in [6.07, 6.45) is 2.01. The molecule has 24 heavy (non-hydrogen) atoms. The Morgan fingerprint density at radius 2 is 1.88 bits per heavy atom. The van der Waals surface area contributed by atoms with Gasteiger partial charge in [0.1, 0.15) is 11.5 Å². The molecule has 3 rings (SSSR count). The van der Waals surface area contributed by atoms with Gasteiger partial charge in [-0.2, -0.15) is 0 Å². The minimum atomic E-state index is -0.253. The Labute approximate surface area is 148 Å². The van der Waals surface area contributed by atoms with Crippen LogP contribution in [0.4, 0.5) is 5.13 Å². The summed E-state index contributed by atoms with van der Waals surface area (Å²) in [5.41, 5.74) is 1.36. The van der Waals surface area contributed by atoms with Crippen molar-refractivity contribution in [3.8, 4) is 11.5 Å². The van der Waals surface area contributed by atoms with Crippen molar-refractivity contribution < 1.29 is 14.3 Å². The van der Waals surface area contributed by atoms with Crippen LogP contribution in [0.5, 0.6) is 11.5 Å². The van der Waals surface area contributed by atoms with E-state index in [-0.39, 0.29) is 5.91 Å². The molecule has 0 aliphatic carbocycles. The molecule has 0 saturated carbocycles. The number of anilines is 1. The Morgan fingerprint density at radius 1 is 1.17 bits per heavy atom. The standard InChI is InChI=1S/C17H16N2O3S2/c1-21-11-7-10(8-12(9-11)22-2)16(20)19-17-18-15-13(23-3)5-4-6-14(15)24-17/h4-9H,1-3H3,(H,18,19,20). The maximum atomic E-state index is 12.5. The van der Waals surface area contributed by atoms with Crippen LogP contribution in [0, 0.1) is 0 Å².